The maximum atomic E-state index is 12.6. The summed E-state index contributed by atoms with van der Waals surface area (Å²) in [7, 11) is 0. The number of hydrogen-bond donors (Lipinski definition) is 1. The van der Waals surface area contributed by atoms with E-state index in [9.17, 15) is 14.9 Å². The van der Waals surface area contributed by atoms with Crippen molar-refractivity contribution in [3.05, 3.63) is 69.3 Å². The van der Waals surface area contributed by atoms with E-state index in [1.807, 2.05) is 6.92 Å². The van der Waals surface area contributed by atoms with Gasteiger partial charge in [-0.05, 0) is 42.4 Å². The van der Waals surface area contributed by atoms with Crippen LogP contribution >= 0.6 is 0 Å². The van der Waals surface area contributed by atoms with E-state index in [1.54, 1.807) is 6.07 Å². The standard InChI is InChI=1S/C22H27N3O3/c1-15(2)18-7-5-17(6-8-18)13-24(19-10-11-19)14-22(26)23-21-12-20(25(27)28)9-4-16(21)3/h4-9,12,15,19H,10-11,13-14H2,1-3H3,(H,23,26). The first-order valence-electron chi connectivity index (χ1n) is 9.71. The number of aryl methyl sites for hydroxylation is 1. The molecule has 1 amide bonds. The molecule has 1 N–H and O–H groups in total. The van der Waals surface area contributed by atoms with Crippen molar-refractivity contribution >= 4 is 17.3 Å². The fourth-order valence-corrected chi connectivity index (χ4v) is 3.23. The van der Waals surface area contributed by atoms with Gasteiger partial charge in [-0.2, -0.15) is 0 Å². The predicted molar refractivity (Wildman–Crippen MR) is 110 cm³/mol. The molecule has 1 saturated carbocycles. The van der Waals surface area contributed by atoms with Gasteiger partial charge in [-0.15, -0.1) is 0 Å². The lowest BCUT2D eigenvalue weighted by molar-refractivity contribution is -0.384. The first-order valence-corrected chi connectivity index (χ1v) is 9.71. The third-order valence-corrected chi connectivity index (χ3v) is 5.15. The first-order chi connectivity index (χ1) is 13.3. The SMILES string of the molecule is Cc1ccc([N+](=O)[O-])cc1NC(=O)CN(Cc1ccc(C(C)C)cc1)C1CC1. The van der Waals surface area contributed by atoms with Gasteiger partial charge < -0.3 is 5.32 Å². The van der Waals surface area contributed by atoms with E-state index >= 15 is 0 Å². The van der Waals surface area contributed by atoms with Gasteiger partial charge >= 0.3 is 0 Å². The van der Waals surface area contributed by atoms with Crippen LogP contribution in [0.1, 0.15) is 49.3 Å². The van der Waals surface area contributed by atoms with Crippen molar-refractivity contribution in [2.45, 2.75) is 52.1 Å². The summed E-state index contributed by atoms with van der Waals surface area (Å²) in [6.45, 7) is 7.18. The zero-order valence-corrected chi connectivity index (χ0v) is 16.6. The second-order valence-corrected chi connectivity index (χ2v) is 7.84. The molecule has 0 heterocycles. The molecule has 2 aromatic rings. The summed E-state index contributed by atoms with van der Waals surface area (Å²) in [5.41, 5.74) is 3.78. The Morgan fingerprint density at radius 3 is 2.46 bits per heavy atom. The zero-order valence-electron chi connectivity index (χ0n) is 16.6. The van der Waals surface area contributed by atoms with E-state index in [4.69, 9.17) is 0 Å². The lowest BCUT2D eigenvalue weighted by Crippen LogP contribution is -2.34. The highest BCUT2D eigenvalue weighted by Crippen LogP contribution is 2.29. The third kappa shape index (κ3) is 5.16. The Bertz CT molecular complexity index is 858. The maximum absolute atomic E-state index is 12.6. The number of carbonyl (C=O) groups is 1. The highest BCUT2D eigenvalue weighted by atomic mass is 16.6. The maximum Gasteiger partial charge on any atom is 0.271 e. The minimum atomic E-state index is -0.452. The van der Waals surface area contributed by atoms with Crippen molar-refractivity contribution in [1.82, 2.24) is 4.90 Å². The number of amides is 1. The van der Waals surface area contributed by atoms with Crippen molar-refractivity contribution in [3.63, 3.8) is 0 Å². The summed E-state index contributed by atoms with van der Waals surface area (Å²) in [6.07, 6.45) is 2.21. The largest absolute Gasteiger partial charge is 0.324 e. The van der Waals surface area contributed by atoms with Gasteiger partial charge in [-0.1, -0.05) is 44.2 Å². The number of nitro groups is 1. The average Bonchev–Trinajstić information content (AvgIpc) is 3.48. The predicted octanol–water partition coefficient (Wildman–Crippen LogP) is 4.63. The van der Waals surface area contributed by atoms with Crippen molar-refractivity contribution in [2.24, 2.45) is 0 Å². The highest BCUT2D eigenvalue weighted by Gasteiger charge is 2.30. The van der Waals surface area contributed by atoms with E-state index in [2.05, 4.69) is 48.3 Å². The van der Waals surface area contributed by atoms with Gasteiger partial charge in [0.1, 0.15) is 0 Å². The normalized spacial score (nSPS) is 13.8. The van der Waals surface area contributed by atoms with Gasteiger partial charge in [0, 0.05) is 24.7 Å². The van der Waals surface area contributed by atoms with Crippen LogP contribution in [-0.2, 0) is 11.3 Å². The Kier molecular flexibility index (Phi) is 6.09. The fourth-order valence-electron chi connectivity index (χ4n) is 3.23. The monoisotopic (exact) mass is 381 g/mol. The molecule has 2 aromatic carbocycles. The van der Waals surface area contributed by atoms with Crippen LogP contribution in [0.4, 0.5) is 11.4 Å². The van der Waals surface area contributed by atoms with Gasteiger partial charge in [0.2, 0.25) is 5.91 Å². The number of nitrogens with zero attached hydrogens (tertiary/aromatic N) is 2. The average molecular weight is 381 g/mol. The van der Waals surface area contributed by atoms with Crippen LogP contribution in [-0.4, -0.2) is 28.3 Å². The Labute approximate surface area is 165 Å². The Morgan fingerprint density at radius 1 is 1.21 bits per heavy atom. The number of hydrogen-bond acceptors (Lipinski definition) is 4. The summed E-state index contributed by atoms with van der Waals surface area (Å²) in [6, 6.07) is 13.5. The van der Waals surface area contributed by atoms with Gasteiger partial charge in [0.25, 0.3) is 5.69 Å². The van der Waals surface area contributed by atoms with Crippen molar-refractivity contribution < 1.29 is 9.72 Å². The van der Waals surface area contributed by atoms with Crippen LogP contribution in [0, 0.1) is 17.0 Å². The summed E-state index contributed by atoms with van der Waals surface area (Å²) >= 11 is 0. The molecule has 0 spiro atoms. The van der Waals surface area contributed by atoms with Crippen LogP contribution in [0.3, 0.4) is 0 Å². The zero-order chi connectivity index (χ0) is 20.3. The molecule has 1 aliphatic rings. The molecule has 0 atom stereocenters. The molecule has 0 unspecified atom stereocenters. The molecule has 0 aliphatic heterocycles. The number of carbonyl (C=O) groups excluding carboxylic acids is 1. The number of non-ortho nitro benzene ring substituents is 1. The van der Waals surface area contributed by atoms with E-state index in [-0.39, 0.29) is 18.1 Å². The second kappa shape index (κ2) is 8.52. The molecule has 1 aliphatic carbocycles. The van der Waals surface area contributed by atoms with E-state index in [0.717, 1.165) is 24.9 Å². The topological polar surface area (TPSA) is 75.5 Å². The molecular weight excluding hydrogens is 354 g/mol. The van der Waals surface area contributed by atoms with E-state index in [1.165, 1.54) is 23.3 Å². The van der Waals surface area contributed by atoms with Gasteiger partial charge in [0.15, 0.2) is 0 Å². The van der Waals surface area contributed by atoms with Crippen molar-refractivity contribution in [2.75, 3.05) is 11.9 Å². The lowest BCUT2D eigenvalue weighted by atomic mass is 10.0. The van der Waals surface area contributed by atoms with Crippen molar-refractivity contribution in [3.8, 4) is 0 Å². The smallest absolute Gasteiger partial charge is 0.271 e. The second-order valence-electron chi connectivity index (χ2n) is 7.84. The quantitative estimate of drug-likeness (QED) is 0.534. The molecule has 0 bridgehead atoms. The van der Waals surface area contributed by atoms with Crippen LogP contribution in [0.15, 0.2) is 42.5 Å². The molecular formula is C22H27N3O3. The Morgan fingerprint density at radius 2 is 1.89 bits per heavy atom. The number of nitro benzene ring substituents is 1. The fraction of sp³-hybridized carbons (Fsp3) is 0.409. The molecule has 148 valence electrons. The molecule has 28 heavy (non-hydrogen) atoms. The molecule has 0 saturated heterocycles. The molecule has 6 heteroatoms. The van der Waals surface area contributed by atoms with E-state index < -0.39 is 4.92 Å². The summed E-state index contributed by atoms with van der Waals surface area (Å²) in [5.74, 6) is 0.354. The van der Waals surface area contributed by atoms with Gasteiger partial charge in [0.05, 0.1) is 17.2 Å². The van der Waals surface area contributed by atoms with Crippen LogP contribution in [0.2, 0.25) is 0 Å². The molecule has 3 rings (SSSR count). The number of anilines is 1. The molecule has 1 fully saturated rings. The highest BCUT2D eigenvalue weighted by molar-refractivity contribution is 5.93. The van der Waals surface area contributed by atoms with Crippen LogP contribution in [0.25, 0.3) is 0 Å². The Balaban J connectivity index is 1.65. The van der Waals surface area contributed by atoms with Crippen LogP contribution < -0.4 is 5.32 Å². The first kappa shape index (κ1) is 20.0. The third-order valence-electron chi connectivity index (χ3n) is 5.15. The number of benzene rings is 2. The van der Waals surface area contributed by atoms with Crippen LogP contribution in [0.5, 0.6) is 0 Å². The molecule has 6 nitrogen and oxygen atoms in total. The summed E-state index contributed by atoms with van der Waals surface area (Å²) < 4.78 is 0. The van der Waals surface area contributed by atoms with E-state index in [0.29, 0.717) is 17.6 Å². The minimum absolute atomic E-state index is 0.0230. The van der Waals surface area contributed by atoms with Gasteiger partial charge in [-0.25, -0.2) is 0 Å². The molecule has 0 aromatic heterocycles. The lowest BCUT2D eigenvalue weighted by Gasteiger charge is -2.22. The summed E-state index contributed by atoms with van der Waals surface area (Å²) in [4.78, 5) is 25.3. The number of rotatable bonds is 8. The Hall–Kier alpha value is -2.73. The summed E-state index contributed by atoms with van der Waals surface area (Å²) in [5, 5.41) is 13.8. The minimum Gasteiger partial charge on any atom is -0.324 e. The van der Waals surface area contributed by atoms with Gasteiger partial charge in [-0.3, -0.25) is 19.8 Å². The molecule has 0 radical (unpaired) electrons. The van der Waals surface area contributed by atoms with Crippen molar-refractivity contribution in [1.29, 1.82) is 0 Å². The number of nitrogens with one attached hydrogen (secondary N) is 1.